The van der Waals surface area contributed by atoms with Crippen LogP contribution in [0.2, 0.25) is 0 Å². The van der Waals surface area contributed by atoms with Gasteiger partial charge >= 0.3 is 0 Å². The molecule has 0 radical (unpaired) electrons. The van der Waals surface area contributed by atoms with E-state index in [4.69, 9.17) is 4.99 Å². The fraction of sp³-hybridized carbons (Fsp3) is 0.929. The Morgan fingerprint density at radius 3 is 2.88 bits per heavy atom. The van der Waals surface area contributed by atoms with Crippen molar-refractivity contribution in [3.63, 3.8) is 0 Å². The summed E-state index contributed by atoms with van der Waals surface area (Å²) in [7, 11) is 0. The largest absolute Gasteiger partial charge is 0.362 e. The minimum absolute atomic E-state index is 0.586. The number of amidine groups is 1. The van der Waals surface area contributed by atoms with Gasteiger partial charge in [0.25, 0.3) is 0 Å². The summed E-state index contributed by atoms with van der Waals surface area (Å²) >= 11 is 1.99. The molecule has 1 heterocycles. The Balaban J connectivity index is 1.48. The zero-order valence-corrected chi connectivity index (χ0v) is 11.7. The molecule has 0 saturated heterocycles. The highest BCUT2D eigenvalue weighted by Crippen LogP contribution is 2.44. The van der Waals surface area contributed by atoms with E-state index in [-0.39, 0.29) is 0 Å². The first kappa shape index (κ1) is 11.9. The Labute approximate surface area is 109 Å². The summed E-state index contributed by atoms with van der Waals surface area (Å²) in [6.07, 6.45) is 9.78. The zero-order valence-electron chi connectivity index (χ0n) is 10.9. The molecule has 3 rings (SSSR count). The molecule has 96 valence electrons. The maximum absolute atomic E-state index is 4.81. The van der Waals surface area contributed by atoms with Gasteiger partial charge in [-0.25, -0.2) is 0 Å². The Morgan fingerprint density at radius 2 is 2.24 bits per heavy atom. The van der Waals surface area contributed by atoms with Crippen molar-refractivity contribution in [1.82, 2.24) is 5.32 Å². The van der Waals surface area contributed by atoms with E-state index in [9.17, 15) is 0 Å². The molecule has 2 unspecified atom stereocenters. The predicted molar refractivity (Wildman–Crippen MR) is 75.6 cm³/mol. The minimum atomic E-state index is 0.586. The van der Waals surface area contributed by atoms with Crippen LogP contribution in [0, 0.1) is 11.3 Å². The summed E-state index contributed by atoms with van der Waals surface area (Å²) in [6, 6.07) is 0.749. The molecule has 1 N–H and O–H groups in total. The molecule has 17 heavy (non-hydrogen) atoms. The zero-order chi connectivity index (χ0) is 11.7. The standard InChI is InChI=1S/C14H24N2S/c1-2-5-11-8-12(11)16-13-15-9-14(10-17-13)6-3-4-7-14/h11-12H,2-10H2,1H3,(H,15,16). The highest BCUT2D eigenvalue weighted by molar-refractivity contribution is 8.13. The molecule has 2 saturated carbocycles. The summed E-state index contributed by atoms with van der Waals surface area (Å²) < 4.78 is 0. The van der Waals surface area contributed by atoms with Crippen LogP contribution in [0.5, 0.6) is 0 Å². The summed E-state index contributed by atoms with van der Waals surface area (Å²) in [5, 5.41) is 4.89. The molecule has 0 aromatic heterocycles. The first-order valence-electron chi connectivity index (χ1n) is 7.25. The van der Waals surface area contributed by atoms with Crippen LogP contribution in [-0.4, -0.2) is 23.5 Å². The van der Waals surface area contributed by atoms with Gasteiger partial charge in [0.1, 0.15) is 0 Å². The lowest BCUT2D eigenvalue weighted by Gasteiger charge is -2.31. The van der Waals surface area contributed by atoms with Crippen LogP contribution in [0.1, 0.15) is 51.9 Å². The highest BCUT2D eigenvalue weighted by Gasteiger charge is 2.40. The van der Waals surface area contributed by atoms with Crippen LogP contribution >= 0.6 is 11.8 Å². The average Bonchev–Trinajstić information content (AvgIpc) is 2.90. The maximum Gasteiger partial charge on any atom is 0.156 e. The van der Waals surface area contributed by atoms with Gasteiger partial charge in [0.05, 0.1) is 0 Å². The Bertz CT molecular complexity index is 307. The molecular weight excluding hydrogens is 228 g/mol. The third kappa shape index (κ3) is 2.64. The monoisotopic (exact) mass is 252 g/mol. The van der Waals surface area contributed by atoms with Gasteiger partial charge in [-0.2, -0.15) is 0 Å². The van der Waals surface area contributed by atoms with Crippen molar-refractivity contribution < 1.29 is 0 Å². The molecule has 2 aliphatic carbocycles. The fourth-order valence-corrected chi connectivity index (χ4v) is 4.55. The SMILES string of the molecule is CCCC1CC1NC1=NCC2(CCCC2)CS1. The van der Waals surface area contributed by atoms with Crippen molar-refractivity contribution >= 4 is 16.9 Å². The normalized spacial score (nSPS) is 34.8. The molecule has 2 fully saturated rings. The van der Waals surface area contributed by atoms with E-state index in [0.717, 1.165) is 18.5 Å². The number of hydrogen-bond acceptors (Lipinski definition) is 3. The molecule has 2 atom stereocenters. The Morgan fingerprint density at radius 1 is 1.41 bits per heavy atom. The Kier molecular flexibility index (Phi) is 3.38. The molecule has 0 amide bonds. The number of nitrogens with one attached hydrogen (secondary N) is 1. The number of rotatable bonds is 3. The van der Waals surface area contributed by atoms with Crippen molar-refractivity contribution in [2.45, 2.75) is 57.9 Å². The molecule has 0 bridgehead atoms. The molecule has 1 aliphatic heterocycles. The second-order valence-electron chi connectivity index (χ2n) is 6.15. The van der Waals surface area contributed by atoms with E-state index in [2.05, 4.69) is 12.2 Å². The summed E-state index contributed by atoms with van der Waals surface area (Å²) in [4.78, 5) is 4.81. The number of thioether (sulfide) groups is 1. The fourth-order valence-electron chi connectivity index (χ4n) is 3.34. The molecule has 2 nitrogen and oxygen atoms in total. The third-order valence-corrected chi connectivity index (χ3v) is 5.91. The van der Waals surface area contributed by atoms with Crippen LogP contribution in [0.4, 0.5) is 0 Å². The lowest BCUT2D eigenvalue weighted by Crippen LogP contribution is -2.34. The van der Waals surface area contributed by atoms with Crippen molar-refractivity contribution in [3.8, 4) is 0 Å². The van der Waals surface area contributed by atoms with E-state index in [1.165, 1.54) is 55.9 Å². The topological polar surface area (TPSA) is 24.4 Å². The minimum Gasteiger partial charge on any atom is -0.362 e. The van der Waals surface area contributed by atoms with E-state index >= 15 is 0 Å². The lowest BCUT2D eigenvalue weighted by atomic mass is 9.89. The van der Waals surface area contributed by atoms with E-state index in [1.807, 2.05) is 11.8 Å². The lowest BCUT2D eigenvalue weighted by molar-refractivity contribution is 0.358. The first-order chi connectivity index (χ1) is 8.31. The average molecular weight is 252 g/mol. The maximum atomic E-state index is 4.81. The van der Waals surface area contributed by atoms with Gasteiger partial charge in [-0.15, -0.1) is 0 Å². The van der Waals surface area contributed by atoms with Crippen molar-refractivity contribution in [2.24, 2.45) is 16.3 Å². The summed E-state index contributed by atoms with van der Waals surface area (Å²) in [5.74, 6) is 2.25. The quantitative estimate of drug-likeness (QED) is 0.832. The van der Waals surface area contributed by atoms with E-state index < -0.39 is 0 Å². The van der Waals surface area contributed by atoms with Gasteiger partial charge in [0, 0.05) is 18.3 Å². The van der Waals surface area contributed by atoms with Crippen molar-refractivity contribution in [2.75, 3.05) is 12.3 Å². The second kappa shape index (κ2) is 4.83. The predicted octanol–water partition coefficient (Wildman–Crippen LogP) is 3.43. The van der Waals surface area contributed by atoms with E-state index in [1.54, 1.807) is 0 Å². The molecule has 0 aromatic carbocycles. The van der Waals surface area contributed by atoms with Crippen LogP contribution < -0.4 is 5.32 Å². The van der Waals surface area contributed by atoms with Gasteiger partial charge in [-0.05, 0) is 37.0 Å². The molecule has 3 aliphatic rings. The Hall–Kier alpha value is -0.180. The summed E-state index contributed by atoms with van der Waals surface area (Å²) in [6.45, 7) is 3.37. The number of hydrogen-bond donors (Lipinski definition) is 1. The van der Waals surface area contributed by atoms with Crippen molar-refractivity contribution in [1.29, 1.82) is 0 Å². The molecule has 0 aromatic rings. The van der Waals surface area contributed by atoms with Crippen LogP contribution in [-0.2, 0) is 0 Å². The first-order valence-corrected chi connectivity index (χ1v) is 8.24. The number of nitrogens with zero attached hydrogens (tertiary/aromatic N) is 1. The van der Waals surface area contributed by atoms with Crippen molar-refractivity contribution in [3.05, 3.63) is 0 Å². The van der Waals surface area contributed by atoms with Gasteiger partial charge in [-0.1, -0.05) is 37.9 Å². The highest BCUT2D eigenvalue weighted by atomic mass is 32.2. The van der Waals surface area contributed by atoms with Gasteiger partial charge < -0.3 is 5.32 Å². The third-order valence-electron chi connectivity index (χ3n) is 4.63. The molecule has 1 spiro atoms. The van der Waals surface area contributed by atoms with Gasteiger partial charge in [-0.3, -0.25) is 4.99 Å². The van der Waals surface area contributed by atoms with Gasteiger partial charge in [0.15, 0.2) is 5.17 Å². The van der Waals surface area contributed by atoms with Crippen LogP contribution in [0.3, 0.4) is 0 Å². The smallest absolute Gasteiger partial charge is 0.156 e. The van der Waals surface area contributed by atoms with Crippen LogP contribution in [0.15, 0.2) is 4.99 Å². The summed E-state index contributed by atoms with van der Waals surface area (Å²) in [5.41, 5.74) is 0.586. The van der Waals surface area contributed by atoms with Crippen LogP contribution in [0.25, 0.3) is 0 Å². The number of aliphatic imine (C=N–C) groups is 1. The molecular formula is C14H24N2S. The second-order valence-corrected chi connectivity index (χ2v) is 7.12. The molecule has 3 heteroatoms. The van der Waals surface area contributed by atoms with Gasteiger partial charge in [0.2, 0.25) is 0 Å². The van der Waals surface area contributed by atoms with E-state index in [0.29, 0.717) is 5.41 Å².